The standard InChI is InChI=1S/C18H17BrN4O/c1-2-24-16-9-8-12(19)10-14(16)15-11-17(23-18(20)22-15)21-13-6-4-3-5-7-13/h3-11H,2H2,1H3,(H3,20,21,22,23). The van der Waals surface area contributed by atoms with Gasteiger partial charge in [0.2, 0.25) is 5.95 Å². The summed E-state index contributed by atoms with van der Waals surface area (Å²) in [5.74, 6) is 1.59. The molecule has 0 unspecified atom stereocenters. The van der Waals surface area contributed by atoms with E-state index in [1.54, 1.807) is 0 Å². The summed E-state index contributed by atoms with van der Waals surface area (Å²) in [7, 11) is 0. The molecule has 1 aromatic heterocycles. The Balaban J connectivity index is 2.01. The van der Waals surface area contributed by atoms with Gasteiger partial charge in [-0.25, -0.2) is 4.98 Å². The summed E-state index contributed by atoms with van der Waals surface area (Å²) in [6.45, 7) is 2.52. The quantitative estimate of drug-likeness (QED) is 0.670. The molecule has 0 radical (unpaired) electrons. The van der Waals surface area contributed by atoms with Crippen molar-refractivity contribution in [3.05, 3.63) is 59.1 Å². The molecule has 6 heteroatoms. The van der Waals surface area contributed by atoms with E-state index < -0.39 is 0 Å². The summed E-state index contributed by atoms with van der Waals surface area (Å²) in [6, 6.07) is 17.4. The number of halogens is 1. The molecule has 0 amide bonds. The van der Waals surface area contributed by atoms with Crippen molar-refractivity contribution in [2.45, 2.75) is 6.92 Å². The normalized spacial score (nSPS) is 10.4. The first-order chi connectivity index (χ1) is 11.7. The van der Waals surface area contributed by atoms with Crippen LogP contribution in [0.4, 0.5) is 17.5 Å². The number of aromatic nitrogens is 2. The molecule has 2 aromatic carbocycles. The third-order valence-corrected chi connectivity index (χ3v) is 3.80. The summed E-state index contributed by atoms with van der Waals surface area (Å²) in [5, 5.41) is 3.24. The molecule has 0 saturated heterocycles. The van der Waals surface area contributed by atoms with Crippen LogP contribution in [-0.2, 0) is 0 Å². The van der Waals surface area contributed by atoms with E-state index >= 15 is 0 Å². The first kappa shape index (κ1) is 16.3. The minimum absolute atomic E-state index is 0.202. The lowest BCUT2D eigenvalue weighted by Gasteiger charge is -2.12. The van der Waals surface area contributed by atoms with Crippen molar-refractivity contribution in [2.75, 3.05) is 17.7 Å². The van der Waals surface area contributed by atoms with Gasteiger partial charge in [-0.1, -0.05) is 34.1 Å². The maximum Gasteiger partial charge on any atom is 0.222 e. The number of rotatable bonds is 5. The predicted molar refractivity (Wildman–Crippen MR) is 100 cm³/mol. The first-order valence-corrected chi connectivity index (χ1v) is 8.34. The second-order valence-electron chi connectivity index (χ2n) is 5.06. The largest absolute Gasteiger partial charge is 0.493 e. The molecule has 0 fully saturated rings. The Morgan fingerprint density at radius 3 is 2.62 bits per heavy atom. The second-order valence-corrected chi connectivity index (χ2v) is 5.98. The van der Waals surface area contributed by atoms with Gasteiger partial charge in [0, 0.05) is 21.8 Å². The van der Waals surface area contributed by atoms with Crippen molar-refractivity contribution < 1.29 is 4.74 Å². The van der Waals surface area contributed by atoms with E-state index in [2.05, 4.69) is 31.2 Å². The highest BCUT2D eigenvalue weighted by Gasteiger charge is 2.11. The van der Waals surface area contributed by atoms with Gasteiger partial charge in [-0.15, -0.1) is 0 Å². The highest BCUT2D eigenvalue weighted by molar-refractivity contribution is 9.10. The minimum atomic E-state index is 0.202. The number of ether oxygens (including phenoxy) is 1. The van der Waals surface area contributed by atoms with E-state index in [9.17, 15) is 0 Å². The van der Waals surface area contributed by atoms with E-state index in [0.29, 0.717) is 18.1 Å². The first-order valence-electron chi connectivity index (χ1n) is 7.55. The van der Waals surface area contributed by atoms with Crippen LogP contribution in [0, 0.1) is 0 Å². The smallest absolute Gasteiger partial charge is 0.222 e. The number of hydrogen-bond acceptors (Lipinski definition) is 5. The number of para-hydroxylation sites is 1. The fraction of sp³-hybridized carbons (Fsp3) is 0.111. The molecule has 24 heavy (non-hydrogen) atoms. The number of nitrogens with two attached hydrogens (primary N) is 1. The Kier molecular flexibility index (Phi) is 4.96. The van der Waals surface area contributed by atoms with Crippen LogP contribution in [0.25, 0.3) is 11.3 Å². The summed E-state index contributed by atoms with van der Waals surface area (Å²) in [4.78, 5) is 8.61. The van der Waals surface area contributed by atoms with Crippen molar-refractivity contribution in [2.24, 2.45) is 0 Å². The zero-order valence-corrected chi connectivity index (χ0v) is 14.7. The Hall–Kier alpha value is -2.60. The van der Waals surface area contributed by atoms with Gasteiger partial charge in [-0.3, -0.25) is 0 Å². The number of anilines is 3. The van der Waals surface area contributed by atoms with E-state index in [1.165, 1.54) is 0 Å². The van der Waals surface area contributed by atoms with Crippen LogP contribution in [0.2, 0.25) is 0 Å². The van der Waals surface area contributed by atoms with E-state index in [0.717, 1.165) is 21.5 Å². The average molecular weight is 385 g/mol. The van der Waals surface area contributed by atoms with Crippen LogP contribution >= 0.6 is 15.9 Å². The molecular formula is C18H17BrN4O. The van der Waals surface area contributed by atoms with Crippen LogP contribution in [-0.4, -0.2) is 16.6 Å². The summed E-state index contributed by atoms with van der Waals surface area (Å²) >= 11 is 3.49. The third-order valence-electron chi connectivity index (χ3n) is 3.31. The molecule has 0 bridgehead atoms. The van der Waals surface area contributed by atoms with Crippen LogP contribution in [0.15, 0.2) is 59.1 Å². The number of hydrogen-bond donors (Lipinski definition) is 2. The van der Waals surface area contributed by atoms with Gasteiger partial charge in [0.25, 0.3) is 0 Å². The summed E-state index contributed by atoms with van der Waals surface area (Å²) < 4.78 is 6.64. The molecule has 3 N–H and O–H groups in total. The molecule has 0 atom stereocenters. The van der Waals surface area contributed by atoms with Crippen molar-refractivity contribution >= 4 is 33.4 Å². The highest BCUT2D eigenvalue weighted by atomic mass is 79.9. The van der Waals surface area contributed by atoms with E-state index in [-0.39, 0.29) is 5.95 Å². The average Bonchev–Trinajstić information content (AvgIpc) is 2.57. The number of nitrogens with zero attached hydrogens (tertiary/aromatic N) is 2. The van der Waals surface area contributed by atoms with Crippen LogP contribution in [0.1, 0.15) is 6.92 Å². The molecular weight excluding hydrogens is 368 g/mol. The van der Waals surface area contributed by atoms with Gasteiger partial charge in [0.15, 0.2) is 0 Å². The lowest BCUT2D eigenvalue weighted by atomic mass is 10.1. The van der Waals surface area contributed by atoms with Crippen molar-refractivity contribution in [3.63, 3.8) is 0 Å². The molecule has 3 rings (SSSR count). The molecule has 0 aliphatic carbocycles. The Bertz CT molecular complexity index is 840. The number of nitrogens with one attached hydrogen (secondary N) is 1. The summed E-state index contributed by atoms with van der Waals surface area (Å²) in [5.41, 5.74) is 8.39. The lowest BCUT2D eigenvalue weighted by Crippen LogP contribution is -2.02. The van der Waals surface area contributed by atoms with Gasteiger partial charge < -0.3 is 15.8 Å². The number of benzene rings is 2. The van der Waals surface area contributed by atoms with E-state index in [1.807, 2.05) is 61.5 Å². The fourth-order valence-corrected chi connectivity index (χ4v) is 2.68. The fourth-order valence-electron chi connectivity index (χ4n) is 2.32. The molecule has 0 spiro atoms. The van der Waals surface area contributed by atoms with Crippen molar-refractivity contribution in [3.8, 4) is 17.0 Å². The maximum absolute atomic E-state index is 5.90. The SMILES string of the molecule is CCOc1ccc(Br)cc1-c1cc(Nc2ccccc2)nc(N)n1. The monoisotopic (exact) mass is 384 g/mol. The molecule has 5 nitrogen and oxygen atoms in total. The maximum atomic E-state index is 5.90. The number of nitrogen functional groups attached to an aromatic ring is 1. The molecule has 0 aliphatic heterocycles. The Morgan fingerprint density at radius 1 is 1.08 bits per heavy atom. The van der Waals surface area contributed by atoms with Crippen molar-refractivity contribution in [1.29, 1.82) is 0 Å². The van der Waals surface area contributed by atoms with E-state index in [4.69, 9.17) is 10.5 Å². The molecule has 0 saturated carbocycles. The minimum Gasteiger partial charge on any atom is -0.493 e. The van der Waals surface area contributed by atoms with Gasteiger partial charge in [0.1, 0.15) is 11.6 Å². The molecule has 3 aromatic rings. The third kappa shape index (κ3) is 3.83. The molecule has 122 valence electrons. The van der Waals surface area contributed by atoms with Crippen LogP contribution in [0.3, 0.4) is 0 Å². The summed E-state index contributed by atoms with van der Waals surface area (Å²) in [6.07, 6.45) is 0. The Morgan fingerprint density at radius 2 is 1.88 bits per heavy atom. The second kappa shape index (κ2) is 7.31. The zero-order valence-electron chi connectivity index (χ0n) is 13.2. The zero-order chi connectivity index (χ0) is 16.9. The highest BCUT2D eigenvalue weighted by Crippen LogP contribution is 2.33. The van der Waals surface area contributed by atoms with Gasteiger partial charge in [0.05, 0.1) is 12.3 Å². The Labute approximate surface area is 149 Å². The van der Waals surface area contributed by atoms with Gasteiger partial charge in [-0.05, 0) is 37.3 Å². The van der Waals surface area contributed by atoms with Crippen LogP contribution in [0.5, 0.6) is 5.75 Å². The van der Waals surface area contributed by atoms with Gasteiger partial charge in [-0.2, -0.15) is 4.98 Å². The topological polar surface area (TPSA) is 73.1 Å². The van der Waals surface area contributed by atoms with Gasteiger partial charge >= 0.3 is 0 Å². The predicted octanol–water partition coefficient (Wildman–Crippen LogP) is 4.63. The molecule has 1 heterocycles. The van der Waals surface area contributed by atoms with Crippen molar-refractivity contribution in [1.82, 2.24) is 9.97 Å². The van der Waals surface area contributed by atoms with Crippen LogP contribution < -0.4 is 15.8 Å². The lowest BCUT2D eigenvalue weighted by molar-refractivity contribution is 0.341. The molecule has 0 aliphatic rings.